The number of Topliss-reactive ketones (excluding diaryl/α,β-unsaturated/α-hetero) is 1. The van der Waals surface area contributed by atoms with Gasteiger partial charge in [-0.2, -0.15) is 0 Å². The second-order valence-electron chi connectivity index (χ2n) is 10.6. The molecule has 1 heterocycles. The van der Waals surface area contributed by atoms with Gasteiger partial charge in [-0.3, -0.25) is 9.59 Å². The molecule has 1 spiro atoms. The highest BCUT2D eigenvalue weighted by Gasteiger charge is 2.54. The fraction of sp³-hybridized carbons (Fsp3) is 0.400. The normalized spacial score (nSPS) is 22.6. The minimum atomic E-state index is -0.332. The summed E-state index contributed by atoms with van der Waals surface area (Å²) in [5.74, 6) is 0.692. The molecule has 188 valence electrons. The van der Waals surface area contributed by atoms with Crippen LogP contribution in [0.4, 0.5) is 4.39 Å². The third-order valence-electron chi connectivity index (χ3n) is 8.02. The molecule has 1 N–H and O–H groups in total. The largest absolute Gasteiger partial charge is 0.497 e. The number of ketones is 1. The van der Waals surface area contributed by atoms with Crippen molar-refractivity contribution in [1.29, 1.82) is 0 Å². The van der Waals surface area contributed by atoms with Crippen LogP contribution in [0.25, 0.3) is 11.1 Å². The van der Waals surface area contributed by atoms with Crippen LogP contribution in [0.3, 0.4) is 0 Å². The van der Waals surface area contributed by atoms with Crippen molar-refractivity contribution in [3.63, 3.8) is 0 Å². The topological polar surface area (TPSA) is 55.4 Å². The van der Waals surface area contributed by atoms with Crippen LogP contribution >= 0.6 is 11.3 Å². The van der Waals surface area contributed by atoms with E-state index in [0.29, 0.717) is 18.0 Å². The van der Waals surface area contributed by atoms with Gasteiger partial charge in [0.25, 0.3) is 5.91 Å². The molecule has 0 radical (unpaired) electrons. The van der Waals surface area contributed by atoms with Crippen LogP contribution in [0.2, 0.25) is 0 Å². The Morgan fingerprint density at radius 3 is 2.36 bits per heavy atom. The summed E-state index contributed by atoms with van der Waals surface area (Å²) in [6.45, 7) is 5.78. The zero-order valence-corrected chi connectivity index (χ0v) is 22.1. The molecular weight excluding hydrogens is 473 g/mol. The van der Waals surface area contributed by atoms with Crippen LogP contribution in [-0.2, 0) is 11.2 Å². The monoisotopic (exact) mass is 505 g/mol. The van der Waals surface area contributed by atoms with E-state index in [1.165, 1.54) is 19.2 Å². The number of nitrogens with one attached hydrogen (secondary N) is 1. The van der Waals surface area contributed by atoms with E-state index in [-0.39, 0.29) is 29.1 Å². The van der Waals surface area contributed by atoms with Gasteiger partial charge < -0.3 is 10.1 Å². The summed E-state index contributed by atoms with van der Waals surface area (Å²) in [5.41, 5.74) is 4.93. The van der Waals surface area contributed by atoms with Crippen molar-refractivity contribution in [2.75, 3.05) is 7.11 Å². The van der Waals surface area contributed by atoms with Crippen LogP contribution < -0.4 is 10.1 Å². The summed E-state index contributed by atoms with van der Waals surface area (Å²) >= 11 is 1.67. The molecule has 0 aliphatic heterocycles. The molecular formula is C30H32FNO3S. The lowest BCUT2D eigenvalue weighted by atomic mass is 9.49. The highest BCUT2D eigenvalue weighted by Crippen LogP contribution is 2.58. The van der Waals surface area contributed by atoms with Crippen molar-refractivity contribution < 1.29 is 18.7 Å². The van der Waals surface area contributed by atoms with E-state index in [0.717, 1.165) is 63.3 Å². The Labute approximate surface area is 215 Å². The van der Waals surface area contributed by atoms with E-state index >= 15 is 0 Å². The van der Waals surface area contributed by atoms with E-state index in [2.05, 4.69) is 12.2 Å². The molecule has 0 saturated heterocycles. The summed E-state index contributed by atoms with van der Waals surface area (Å²) in [6.07, 6.45) is 4.59. The number of halogens is 1. The average molecular weight is 506 g/mol. The van der Waals surface area contributed by atoms with Crippen molar-refractivity contribution in [2.24, 2.45) is 11.3 Å². The van der Waals surface area contributed by atoms with Gasteiger partial charge in [0, 0.05) is 27.8 Å². The Kier molecular flexibility index (Phi) is 6.50. The number of rotatable bonds is 7. The molecule has 0 bridgehead atoms. The molecule has 2 saturated carbocycles. The van der Waals surface area contributed by atoms with Gasteiger partial charge in [-0.25, -0.2) is 4.39 Å². The molecule has 2 aliphatic carbocycles. The number of hydrogen-bond acceptors (Lipinski definition) is 4. The number of carbonyl (C=O) groups excluding carboxylic acids is 2. The molecule has 5 rings (SSSR count). The smallest absolute Gasteiger partial charge is 0.252 e. The number of methoxy groups -OCH3 is 1. The summed E-state index contributed by atoms with van der Waals surface area (Å²) in [5, 5.41) is 3.26. The van der Waals surface area contributed by atoms with Gasteiger partial charge in [-0.15, -0.1) is 11.3 Å². The van der Waals surface area contributed by atoms with Gasteiger partial charge in [-0.05, 0) is 92.7 Å². The molecule has 3 aromatic rings. The van der Waals surface area contributed by atoms with Gasteiger partial charge in [-0.1, -0.05) is 24.3 Å². The van der Waals surface area contributed by atoms with Gasteiger partial charge in [0.1, 0.15) is 17.3 Å². The maximum Gasteiger partial charge on any atom is 0.252 e. The molecule has 2 fully saturated rings. The van der Waals surface area contributed by atoms with Crippen molar-refractivity contribution in [1.82, 2.24) is 5.32 Å². The van der Waals surface area contributed by atoms with E-state index in [9.17, 15) is 14.0 Å². The Bertz CT molecular complexity index is 1310. The lowest BCUT2D eigenvalue weighted by molar-refractivity contribution is -0.134. The predicted molar refractivity (Wildman–Crippen MR) is 141 cm³/mol. The Hall–Kier alpha value is -2.99. The number of aryl methyl sites for hydroxylation is 2. The first-order valence-corrected chi connectivity index (χ1v) is 13.3. The highest BCUT2D eigenvalue weighted by molar-refractivity contribution is 7.12. The number of ether oxygens (including phenoxy) is 1. The van der Waals surface area contributed by atoms with E-state index in [1.807, 2.05) is 37.3 Å². The lowest BCUT2D eigenvalue weighted by Gasteiger charge is -2.57. The molecule has 0 atom stereocenters. The second kappa shape index (κ2) is 9.47. The number of amides is 1. The van der Waals surface area contributed by atoms with Crippen molar-refractivity contribution in [2.45, 2.75) is 58.9 Å². The highest BCUT2D eigenvalue weighted by atomic mass is 32.1. The standard InChI is InChI=1S/C30H32FNO3S/c1-17(33)23-13-30(14-23)15-25(16-30)32-29(34)28-19(3)36-18(2)27(28)9-20-5-7-21(8-6-20)22-10-24(31)12-26(11-22)35-4/h5-8,10-12,23,25H,9,13-16H2,1-4H3,(H,32,34)/t23-,25-,30?. The molecule has 0 unspecified atom stereocenters. The Morgan fingerprint density at radius 1 is 1.03 bits per heavy atom. The minimum absolute atomic E-state index is 0.0117. The molecule has 6 heteroatoms. The maximum atomic E-state index is 13.9. The minimum Gasteiger partial charge on any atom is -0.497 e. The summed E-state index contributed by atoms with van der Waals surface area (Å²) in [4.78, 5) is 27.1. The first-order valence-electron chi connectivity index (χ1n) is 12.5. The van der Waals surface area contributed by atoms with Gasteiger partial charge in [0.2, 0.25) is 0 Å². The molecule has 1 aromatic heterocycles. The Morgan fingerprint density at radius 2 is 1.72 bits per heavy atom. The summed E-state index contributed by atoms with van der Waals surface area (Å²) < 4.78 is 19.1. The van der Waals surface area contributed by atoms with Crippen LogP contribution in [-0.4, -0.2) is 24.8 Å². The van der Waals surface area contributed by atoms with E-state index in [1.54, 1.807) is 18.3 Å². The lowest BCUT2D eigenvalue weighted by Crippen LogP contribution is -2.57. The van der Waals surface area contributed by atoms with Crippen LogP contribution in [0, 0.1) is 31.0 Å². The maximum absolute atomic E-state index is 13.9. The van der Waals surface area contributed by atoms with Gasteiger partial charge in [0.05, 0.1) is 12.7 Å². The van der Waals surface area contributed by atoms with Gasteiger partial charge >= 0.3 is 0 Å². The molecule has 4 nitrogen and oxygen atoms in total. The van der Waals surface area contributed by atoms with E-state index in [4.69, 9.17) is 4.74 Å². The summed E-state index contributed by atoms with van der Waals surface area (Å²) in [7, 11) is 1.53. The average Bonchev–Trinajstić information content (AvgIpc) is 3.06. The van der Waals surface area contributed by atoms with Crippen molar-refractivity contribution >= 4 is 23.0 Å². The SMILES string of the molecule is COc1cc(F)cc(-c2ccc(Cc3c(C)sc(C)c3C(=O)N[C@H]3CC4(C3)C[C@H](C(C)=O)C4)cc2)c1. The third-order valence-corrected chi connectivity index (χ3v) is 9.08. The van der Waals surface area contributed by atoms with Crippen LogP contribution in [0.15, 0.2) is 42.5 Å². The van der Waals surface area contributed by atoms with Crippen molar-refractivity contribution in [3.05, 3.63) is 74.7 Å². The predicted octanol–water partition coefficient (Wildman–Crippen LogP) is 6.65. The van der Waals surface area contributed by atoms with Crippen LogP contribution in [0.1, 0.15) is 63.8 Å². The number of hydrogen-bond donors (Lipinski definition) is 1. The van der Waals surface area contributed by atoms with Crippen molar-refractivity contribution in [3.8, 4) is 16.9 Å². The van der Waals surface area contributed by atoms with Crippen LogP contribution in [0.5, 0.6) is 5.75 Å². The molecule has 2 aromatic carbocycles. The molecule has 1 amide bonds. The Balaban J connectivity index is 1.27. The second-order valence-corrected chi connectivity index (χ2v) is 12.0. The molecule has 2 aliphatic rings. The number of benzene rings is 2. The first kappa shape index (κ1) is 24.7. The quantitative estimate of drug-likeness (QED) is 0.391. The van der Waals surface area contributed by atoms with Gasteiger partial charge in [0.15, 0.2) is 0 Å². The number of thiophene rings is 1. The third kappa shape index (κ3) is 4.71. The summed E-state index contributed by atoms with van der Waals surface area (Å²) in [6, 6.07) is 12.9. The first-order chi connectivity index (χ1) is 17.2. The zero-order valence-electron chi connectivity index (χ0n) is 21.2. The fourth-order valence-corrected chi connectivity index (χ4v) is 7.13. The number of carbonyl (C=O) groups is 2. The van der Waals surface area contributed by atoms with E-state index < -0.39 is 0 Å². The zero-order chi connectivity index (χ0) is 25.6. The molecule has 36 heavy (non-hydrogen) atoms. The fourth-order valence-electron chi connectivity index (χ4n) is 6.06.